The summed E-state index contributed by atoms with van der Waals surface area (Å²) in [6, 6.07) is 4.20. The molecule has 1 aromatic carbocycles. The van der Waals surface area contributed by atoms with Crippen molar-refractivity contribution in [2.45, 2.75) is 51.1 Å². The van der Waals surface area contributed by atoms with Crippen LogP contribution in [0.15, 0.2) is 18.2 Å². The van der Waals surface area contributed by atoms with Crippen molar-refractivity contribution in [2.24, 2.45) is 11.3 Å². The second-order valence-electron chi connectivity index (χ2n) is 8.21. The van der Waals surface area contributed by atoms with E-state index < -0.39 is 11.7 Å². The van der Waals surface area contributed by atoms with Crippen molar-refractivity contribution in [2.75, 3.05) is 26.8 Å². The highest BCUT2D eigenvalue weighted by atomic mass is 19.4. The van der Waals surface area contributed by atoms with Gasteiger partial charge in [0.25, 0.3) is 0 Å². The van der Waals surface area contributed by atoms with E-state index in [0.717, 1.165) is 50.4 Å². The number of amides is 1. The molecule has 2 aliphatic rings. The van der Waals surface area contributed by atoms with Gasteiger partial charge < -0.3 is 14.7 Å². The molecule has 1 heterocycles. The average Bonchev–Trinajstić information content (AvgIpc) is 2.65. The molecule has 1 aliphatic carbocycles. The van der Waals surface area contributed by atoms with Crippen LogP contribution in [0, 0.1) is 11.3 Å². The van der Waals surface area contributed by atoms with E-state index in [-0.39, 0.29) is 35.5 Å². The number of carbonyl (C=O) groups is 1. The fourth-order valence-electron chi connectivity index (χ4n) is 4.63. The van der Waals surface area contributed by atoms with Gasteiger partial charge in [0.2, 0.25) is 5.91 Å². The molecule has 4 nitrogen and oxygen atoms in total. The molecule has 0 bridgehead atoms. The Kier molecular flexibility index (Phi) is 5.94. The Morgan fingerprint density at radius 2 is 1.96 bits per heavy atom. The molecule has 7 heteroatoms. The summed E-state index contributed by atoms with van der Waals surface area (Å²) in [5, 5.41) is 9.31. The van der Waals surface area contributed by atoms with Crippen LogP contribution in [-0.4, -0.2) is 42.7 Å². The first-order valence-electron chi connectivity index (χ1n) is 9.88. The van der Waals surface area contributed by atoms with Crippen LogP contribution >= 0.6 is 0 Å². The third-order valence-corrected chi connectivity index (χ3v) is 6.48. The van der Waals surface area contributed by atoms with Gasteiger partial charge >= 0.3 is 6.18 Å². The number of nitrogens with zero attached hydrogens (tertiary/aromatic N) is 1. The van der Waals surface area contributed by atoms with E-state index in [0.29, 0.717) is 6.42 Å². The summed E-state index contributed by atoms with van der Waals surface area (Å²) in [6.07, 6.45) is -0.0765. The summed E-state index contributed by atoms with van der Waals surface area (Å²) in [5.74, 6) is -0.189. The molecule has 1 amide bonds. The molecule has 2 fully saturated rings. The normalized spacial score (nSPS) is 20.7. The van der Waals surface area contributed by atoms with Gasteiger partial charge in [-0.25, -0.2) is 0 Å². The summed E-state index contributed by atoms with van der Waals surface area (Å²) in [7, 11) is 1.26. The molecule has 1 aromatic rings. The van der Waals surface area contributed by atoms with Gasteiger partial charge in [-0.3, -0.25) is 4.79 Å². The first kappa shape index (κ1) is 21.0. The Balaban J connectivity index is 1.60. The number of likely N-dealkylation sites (tertiary alicyclic amines) is 1. The van der Waals surface area contributed by atoms with Gasteiger partial charge in [0.1, 0.15) is 5.75 Å². The Bertz CT molecular complexity index is 699. The van der Waals surface area contributed by atoms with Gasteiger partial charge in [0.15, 0.2) is 0 Å². The molecule has 0 unspecified atom stereocenters. The Morgan fingerprint density at radius 3 is 2.46 bits per heavy atom. The molecule has 3 rings (SSSR count). The van der Waals surface area contributed by atoms with Crippen LogP contribution in [0.5, 0.6) is 5.75 Å². The van der Waals surface area contributed by atoms with Crippen LogP contribution in [0.1, 0.15) is 56.1 Å². The lowest BCUT2D eigenvalue weighted by molar-refractivity contribution is -0.151. The van der Waals surface area contributed by atoms with Crippen LogP contribution < -0.4 is 4.74 Å². The number of rotatable bonds is 5. The summed E-state index contributed by atoms with van der Waals surface area (Å²) in [5.41, 5.74) is 0.280. The zero-order valence-corrected chi connectivity index (χ0v) is 16.4. The van der Waals surface area contributed by atoms with E-state index in [1.165, 1.54) is 13.2 Å². The minimum atomic E-state index is -4.42. The van der Waals surface area contributed by atoms with Gasteiger partial charge in [-0.15, -0.1) is 0 Å². The maximum atomic E-state index is 13.0. The standard InChI is InChI=1S/C21H28F3NO3/c1-3-14(11-26)19(27)25-12-20(13-25)8-6-15(7-9-20)16-4-5-17(21(22,23)24)18(10-16)28-2/h4-5,10,14-15,26H,3,6-9,11-13H2,1-2H3/t14-/m1/s1. The molecule has 1 aliphatic heterocycles. The van der Waals surface area contributed by atoms with Crippen LogP contribution in [0.4, 0.5) is 13.2 Å². The zero-order chi connectivity index (χ0) is 20.5. The maximum Gasteiger partial charge on any atom is 0.419 e. The number of benzene rings is 1. The number of ether oxygens (including phenoxy) is 1. The van der Waals surface area contributed by atoms with Crippen molar-refractivity contribution >= 4 is 5.91 Å². The molecule has 1 saturated carbocycles. The van der Waals surface area contributed by atoms with E-state index in [4.69, 9.17) is 4.74 Å². The number of aliphatic hydroxyl groups excluding tert-OH is 1. The van der Waals surface area contributed by atoms with Crippen molar-refractivity contribution in [3.63, 3.8) is 0 Å². The fourth-order valence-corrected chi connectivity index (χ4v) is 4.63. The Morgan fingerprint density at radius 1 is 1.32 bits per heavy atom. The summed E-state index contributed by atoms with van der Waals surface area (Å²) < 4.78 is 44.1. The monoisotopic (exact) mass is 399 g/mol. The quantitative estimate of drug-likeness (QED) is 0.807. The number of methoxy groups -OCH3 is 1. The van der Waals surface area contributed by atoms with Gasteiger partial charge in [-0.2, -0.15) is 13.2 Å². The number of halogens is 3. The highest BCUT2D eigenvalue weighted by Gasteiger charge is 2.47. The molecular weight excluding hydrogens is 371 g/mol. The second-order valence-corrected chi connectivity index (χ2v) is 8.21. The van der Waals surface area contributed by atoms with Gasteiger partial charge in [-0.05, 0) is 55.7 Å². The summed E-state index contributed by atoms with van der Waals surface area (Å²) in [4.78, 5) is 14.2. The van der Waals surface area contributed by atoms with E-state index in [1.54, 1.807) is 6.07 Å². The first-order chi connectivity index (χ1) is 13.2. The zero-order valence-electron chi connectivity index (χ0n) is 16.4. The largest absolute Gasteiger partial charge is 0.496 e. The van der Waals surface area contributed by atoms with Crippen molar-refractivity contribution in [1.82, 2.24) is 4.90 Å². The Labute approximate surface area is 163 Å². The molecule has 156 valence electrons. The first-order valence-corrected chi connectivity index (χ1v) is 9.88. The number of aliphatic hydroxyl groups is 1. The number of hydrogen-bond donors (Lipinski definition) is 1. The molecule has 1 atom stereocenters. The average molecular weight is 399 g/mol. The van der Waals surface area contributed by atoms with Crippen LogP contribution in [0.25, 0.3) is 0 Å². The van der Waals surface area contributed by atoms with Gasteiger partial charge in [0, 0.05) is 18.5 Å². The molecule has 0 aromatic heterocycles. The van der Waals surface area contributed by atoms with Gasteiger partial charge in [0.05, 0.1) is 25.2 Å². The smallest absolute Gasteiger partial charge is 0.419 e. The van der Waals surface area contributed by atoms with Crippen molar-refractivity contribution in [1.29, 1.82) is 0 Å². The van der Waals surface area contributed by atoms with E-state index in [2.05, 4.69) is 0 Å². The van der Waals surface area contributed by atoms with E-state index in [9.17, 15) is 23.1 Å². The predicted molar refractivity (Wildman–Crippen MR) is 99.1 cm³/mol. The van der Waals surface area contributed by atoms with Crippen LogP contribution in [0.3, 0.4) is 0 Å². The minimum absolute atomic E-state index is 0.0326. The van der Waals surface area contributed by atoms with E-state index >= 15 is 0 Å². The SMILES string of the molecule is CC[C@H](CO)C(=O)N1CC2(CCC(c3ccc(C(F)(F)F)c(OC)c3)CC2)C1. The molecular formula is C21H28F3NO3. The molecule has 1 saturated heterocycles. The molecule has 1 spiro atoms. The highest BCUT2D eigenvalue weighted by molar-refractivity contribution is 5.80. The third kappa shape index (κ3) is 4.00. The van der Waals surface area contributed by atoms with Crippen LogP contribution in [-0.2, 0) is 11.0 Å². The van der Waals surface area contributed by atoms with Crippen molar-refractivity contribution < 1.29 is 27.8 Å². The number of carbonyl (C=O) groups excluding carboxylic acids is 1. The van der Waals surface area contributed by atoms with Crippen molar-refractivity contribution in [3.05, 3.63) is 29.3 Å². The molecule has 28 heavy (non-hydrogen) atoms. The fraction of sp³-hybridized carbons (Fsp3) is 0.667. The Hall–Kier alpha value is -1.76. The third-order valence-electron chi connectivity index (χ3n) is 6.48. The van der Waals surface area contributed by atoms with Crippen LogP contribution in [0.2, 0.25) is 0 Å². The summed E-state index contributed by atoms with van der Waals surface area (Å²) >= 11 is 0. The maximum absolute atomic E-state index is 13.0. The highest BCUT2D eigenvalue weighted by Crippen LogP contribution is 2.49. The lowest BCUT2D eigenvalue weighted by atomic mass is 9.64. The molecule has 0 radical (unpaired) electrons. The predicted octanol–water partition coefficient (Wildman–Crippen LogP) is 4.22. The van der Waals surface area contributed by atoms with Crippen molar-refractivity contribution in [3.8, 4) is 5.75 Å². The number of hydrogen-bond acceptors (Lipinski definition) is 3. The second kappa shape index (κ2) is 7.93. The lowest BCUT2D eigenvalue weighted by Crippen LogP contribution is -2.60. The molecule has 1 N–H and O–H groups in total. The topological polar surface area (TPSA) is 49.8 Å². The van der Waals surface area contributed by atoms with E-state index in [1.807, 2.05) is 11.8 Å². The van der Waals surface area contributed by atoms with Gasteiger partial charge in [-0.1, -0.05) is 13.0 Å². The minimum Gasteiger partial charge on any atom is -0.496 e. The number of alkyl halides is 3. The lowest BCUT2D eigenvalue weighted by Gasteiger charge is -2.54. The summed E-state index contributed by atoms with van der Waals surface area (Å²) in [6.45, 7) is 3.24.